The van der Waals surface area contributed by atoms with Gasteiger partial charge in [0.05, 0.1) is 12.0 Å². The number of ether oxygens (including phenoxy) is 1. The van der Waals surface area contributed by atoms with Gasteiger partial charge in [-0.15, -0.1) is 12.4 Å². The van der Waals surface area contributed by atoms with Crippen molar-refractivity contribution in [3.8, 4) is 0 Å². The first-order chi connectivity index (χ1) is 10.5. The van der Waals surface area contributed by atoms with E-state index in [1.54, 1.807) is 19.1 Å². The van der Waals surface area contributed by atoms with E-state index in [2.05, 4.69) is 5.32 Å². The molecule has 0 radical (unpaired) electrons. The summed E-state index contributed by atoms with van der Waals surface area (Å²) >= 11 is 0. The quantitative estimate of drug-likeness (QED) is 0.888. The average molecular weight is 349 g/mol. The number of amides is 1. The molecule has 0 bridgehead atoms. The molecule has 0 atom stereocenters. The Hall–Kier alpha value is -1.24. The Bertz CT molecular complexity index is 531. The molecule has 0 aliphatic carbocycles. The molecule has 1 N–H and O–H groups in total. The van der Waals surface area contributed by atoms with Gasteiger partial charge in [-0.2, -0.15) is 0 Å². The number of halogens is 3. The van der Waals surface area contributed by atoms with Gasteiger partial charge < -0.3 is 15.0 Å². The maximum absolute atomic E-state index is 13.3. The summed E-state index contributed by atoms with van der Waals surface area (Å²) in [6.07, 6.45) is 1.42. The number of rotatable bonds is 5. The summed E-state index contributed by atoms with van der Waals surface area (Å²) in [6, 6.07) is 3.70. The van der Waals surface area contributed by atoms with E-state index in [1.165, 1.54) is 6.07 Å². The van der Waals surface area contributed by atoms with Crippen LogP contribution in [-0.4, -0.2) is 44.7 Å². The molecule has 1 aliphatic rings. The van der Waals surface area contributed by atoms with Gasteiger partial charge in [0.25, 0.3) is 0 Å². The molecule has 0 spiro atoms. The molecule has 130 valence electrons. The van der Waals surface area contributed by atoms with Crippen LogP contribution in [0.25, 0.3) is 0 Å². The number of nitrogens with one attached hydrogen (secondary N) is 1. The number of benzene rings is 1. The van der Waals surface area contributed by atoms with E-state index in [9.17, 15) is 13.6 Å². The molecule has 1 heterocycles. The topological polar surface area (TPSA) is 41.6 Å². The highest BCUT2D eigenvalue weighted by molar-refractivity contribution is 5.85. The van der Waals surface area contributed by atoms with Crippen LogP contribution in [0.3, 0.4) is 0 Å². The van der Waals surface area contributed by atoms with Gasteiger partial charge in [-0.3, -0.25) is 4.79 Å². The smallest absolute Gasteiger partial charge is 0.231 e. The van der Waals surface area contributed by atoms with E-state index in [1.807, 2.05) is 0 Å². The van der Waals surface area contributed by atoms with Crippen molar-refractivity contribution in [1.29, 1.82) is 0 Å². The van der Waals surface area contributed by atoms with Crippen molar-refractivity contribution in [2.24, 2.45) is 5.41 Å². The second-order valence-corrected chi connectivity index (χ2v) is 5.87. The van der Waals surface area contributed by atoms with Crippen molar-refractivity contribution in [2.75, 3.05) is 33.9 Å². The Labute approximate surface area is 141 Å². The SMILES string of the molecule is COCC1(C(=O)N(C)Cc2ccc(F)c(F)c2)CCNCC1.Cl. The highest BCUT2D eigenvalue weighted by atomic mass is 35.5. The van der Waals surface area contributed by atoms with E-state index in [-0.39, 0.29) is 24.9 Å². The summed E-state index contributed by atoms with van der Waals surface area (Å²) in [5.74, 6) is -1.79. The van der Waals surface area contributed by atoms with Crippen molar-refractivity contribution in [1.82, 2.24) is 10.2 Å². The Morgan fingerprint density at radius 2 is 1.96 bits per heavy atom. The van der Waals surface area contributed by atoms with Crippen LogP contribution < -0.4 is 5.32 Å². The fraction of sp³-hybridized carbons (Fsp3) is 0.562. The number of hydrogen-bond acceptors (Lipinski definition) is 3. The first kappa shape index (κ1) is 19.8. The molecule has 2 rings (SSSR count). The number of nitrogens with zero attached hydrogens (tertiary/aromatic N) is 1. The Kier molecular flexibility index (Phi) is 7.38. The summed E-state index contributed by atoms with van der Waals surface area (Å²) in [5.41, 5.74) is 0.0316. The van der Waals surface area contributed by atoms with E-state index in [0.717, 1.165) is 25.2 Å². The van der Waals surface area contributed by atoms with E-state index in [0.29, 0.717) is 25.0 Å². The van der Waals surface area contributed by atoms with Gasteiger partial charge in [-0.25, -0.2) is 8.78 Å². The average Bonchev–Trinajstić information content (AvgIpc) is 2.51. The van der Waals surface area contributed by atoms with Crippen LogP contribution in [-0.2, 0) is 16.1 Å². The van der Waals surface area contributed by atoms with Crippen LogP contribution in [0.1, 0.15) is 18.4 Å². The van der Waals surface area contributed by atoms with E-state index >= 15 is 0 Å². The molecule has 0 aromatic heterocycles. The monoisotopic (exact) mass is 348 g/mol. The molecular weight excluding hydrogens is 326 g/mol. The number of hydrogen-bond donors (Lipinski definition) is 1. The van der Waals surface area contributed by atoms with E-state index < -0.39 is 17.0 Å². The highest BCUT2D eigenvalue weighted by Crippen LogP contribution is 2.31. The Morgan fingerprint density at radius 3 is 2.52 bits per heavy atom. The molecule has 1 aromatic rings. The predicted octanol–water partition coefficient (Wildman–Crippen LogP) is 2.36. The number of methoxy groups -OCH3 is 1. The zero-order valence-corrected chi connectivity index (χ0v) is 14.2. The lowest BCUT2D eigenvalue weighted by Gasteiger charge is -2.38. The van der Waals surface area contributed by atoms with Gasteiger partial charge in [-0.1, -0.05) is 6.07 Å². The first-order valence-corrected chi connectivity index (χ1v) is 7.38. The first-order valence-electron chi connectivity index (χ1n) is 7.38. The van der Waals surface area contributed by atoms with Crippen LogP contribution >= 0.6 is 12.4 Å². The molecule has 1 amide bonds. The second kappa shape index (κ2) is 8.57. The van der Waals surface area contributed by atoms with Gasteiger partial charge in [0.2, 0.25) is 5.91 Å². The molecule has 7 heteroatoms. The van der Waals surface area contributed by atoms with Crippen LogP contribution in [0.5, 0.6) is 0 Å². The summed E-state index contributed by atoms with van der Waals surface area (Å²) in [6.45, 7) is 2.16. The van der Waals surface area contributed by atoms with Crippen molar-refractivity contribution in [3.63, 3.8) is 0 Å². The standard InChI is InChI=1S/C16H22F2N2O2.ClH/c1-20(10-12-3-4-13(17)14(18)9-12)15(21)16(11-22-2)5-7-19-8-6-16;/h3-4,9,19H,5-8,10-11H2,1-2H3;1H. The van der Waals surface area contributed by atoms with Gasteiger partial charge in [-0.05, 0) is 43.6 Å². The zero-order valence-electron chi connectivity index (χ0n) is 13.4. The van der Waals surface area contributed by atoms with Crippen LogP contribution in [0.15, 0.2) is 18.2 Å². The van der Waals surface area contributed by atoms with Gasteiger partial charge in [0, 0.05) is 20.7 Å². The summed E-state index contributed by atoms with van der Waals surface area (Å²) in [4.78, 5) is 14.4. The third-order valence-corrected chi connectivity index (χ3v) is 4.19. The third-order valence-electron chi connectivity index (χ3n) is 4.19. The van der Waals surface area contributed by atoms with Crippen molar-refractivity contribution < 1.29 is 18.3 Å². The van der Waals surface area contributed by atoms with Crippen LogP contribution in [0.4, 0.5) is 8.78 Å². The molecule has 1 saturated heterocycles. The maximum Gasteiger partial charge on any atom is 0.231 e. The van der Waals surface area contributed by atoms with Crippen molar-refractivity contribution in [2.45, 2.75) is 19.4 Å². The lowest BCUT2D eigenvalue weighted by atomic mass is 9.78. The highest BCUT2D eigenvalue weighted by Gasteiger charge is 2.41. The summed E-state index contributed by atoms with van der Waals surface area (Å²) in [7, 11) is 3.27. The minimum Gasteiger partial charge on any atom is -0.384 e. The Morgan fingerprint density at radius 1 is 1.30 bits per heavy atom. The summed E-state index contributed by atoms with van der Waals surface area (Å²) < 4.78 is 31.5. The number of carbonyl (C=O) groups is 1. The van der Waals surface area contributed by atoms with Gasteiger partial charge in [0.15, 0.2) is 11.6 Å². The van der Waals surface area contributed by atoms with Gasteiger partial charge >= 0.3 is 0 Å². The molecule has 1 aliphatic heterocycles. The molecular formula is C16H23ClF2N2O2. The number of carbonyl (C=O) groups excluding carboxylic acids is 1. The van der Waals surface area contributed by atoms with Crippen molar-refractivity contribution >= 4 is 18.3 Å². The van der Waals surface area contributed by atoms with Gasteiger partial charge in [0.1, 0.15) is 0 Å². The van der Waals surface area contributed by atoms with Crippen LogP contribution in [0, 0.1) is 17.0 Å². The zero-order chi connectivity index (χ0) is 16.2. The van der Waals surface area contributed by atoms with Crippen LogP contribution in [0.2, 0.25) is 0 Å². The molecule has 4 nitrogen and oxygen atoms in total. The molecule has 1 aromatic carbocycles. The normalized spacial score (nSPS) is 16.5. The summed E-state index contributed by atoms with van der Waals surface area (Å²) in [5, 5.41) is 3.24. The third kappa shape index (κ3) is 4.62. The predicted molar refractivity (Wildman–Crippen MR) is 86.5 cm³/mol. The molecule has 1 fully saturated rings. The van der Waals surface area contributed by atoms with Crippen molar-refractivity contribution in [3.05, 3.63) is 35.4 Å². The molecule has 0 unspecified atom stereocenters. The largest absolute Gasteiger partial charge is 0.384 e. The molecule has 0 saturated carbocycles. The molecule has 23 heavy (non-hydrogen) atoms. The fourth-order valence-corrected chi connectivity index (χ4v) is 2.99. The van der Waals surface area contributed by atoms with E-state index in [4.69, 9.17) is 4.74 Å². The second-order valence-electron chi connectivity index (χ2n) is 5.87. The minimum atomic E-state index is -0.896. The fourth-order valence-electron chi connectivity index (χ4n) is 2.99. The maximum atomic E-state index is 13.3. The lowest BCUT2D eigenvalue weighted by Crippen LogP contribution is -2.50. The minimum absolute atomic E-state index is 0. The number of piperidine rings is 1. The Balaban J connectivity index is 0.00000264. The lowest BCUT2D eigenvalue weighted by molar-refractivity contribution is -0.146.